The first-order chi connectivity index (χ1) is 8.60. The number of anilines is 2. The largest absolute Gasteiger partial charge is 0.478 e. The minimum Gasteiger partial charge on any atom is -0.478 e. The Bertz CT molecular complexity index is 580. The molecule has 0 saturated heterocycles. The minimum atomic E-state index is -0.968. The Morgan fingerprint density at radius 3 is 2.94 bits per heavy atom. The highest BCUT2D eigenvalue weighted by Crippen LogP contribution is 2.25. The van der Waals surface area contributed by atoms with Crippen LogP contribution in [0.5, 0.6) is 0 Å². The molecule has 0 aromatic carbocycles. The van der Waals surface area contributed by atoms with Crippen LogP contribution in [-0.2, 0) is 6.42 Å². The number of thiazole rings is 1. The van der Waals surface area contributed by atoms with Gasteiger partial charge < -0.3 is 10.4 Å². The van der Waals surface area contributed by atoms with Crippen LogP contribution < -0.4 is 5.32 Å². The molecular formula is C12H13N3O2S. The van der Waals surface area contributed by atoms with E-state index in [0.29, 0.717) is 5.82 Å². The van der Waals surface area contributed by atoms with E-state index in [0.717, 1.165) is 22.1 Å². The molecule has 2 heterocycles. The third kappa shape index (κ3) is 2.65. The lowest BCUT2D eigenvalue weighted by Gasteiger charge is -2.01. The van der Waals surface area contributed by atoms with Crippen molar-refractivity contribution in [2.45, 2.75) is 20.3 Å². The van der Waals surface area contributed by atoms with Crippen LogP contribution in [0.2, 0.25) is 0 Å². The van der Waals surface area contributed by atoms with Gasteiger partial charge >= 0.3 is 5.97 Å². The van der Waals surface area contributed by atoms with Gasteiger partial charge in [0.25, 0.3) is 0 Å². The van der Waals surface area contributed by atoms with E-state index in [4.69, 9.17) is 5.11 Å². The molecular weight excluding hydrogens is 250 g/mol. The van der Waals surface area contributed by atoms with Crippen LogP contribution in [0.25, 0.3) is 0 Å². The second-order valence-electron chi connectivity index (χ2n) is 3.74. The Kier molecular flexibility index (Phi) is 3.57. The van der Waals surface area contributed by atoms with Gasteiger partial charge in [-0.15, -0.1) is 11.3 Å². The Labute approximate surface area is 109 Å². The molecule has 0 atom stereocenters. The number of pyridine rings is 1. The SMILES string of the molecule is CCc1nc(Nc2cc(C(=O)O)ccn2)sc1C. The fourth-order valence-corrected chi connectivity index (χ4v) is 2.46. The maximum absolute atomic E-state index is 10.8. The summed E-state index contributed by atoms with van der Waals surface area (Å²) in [5.74, 6) is -0.476. The van der Waals surface area contributed by atoms with E-state index >= 15 is 0 Å². The van der Waals surface area contributed by atoms with Crippen LogP contribution in [0, 0.1) is 6.92 Å². The molecule has 0 saturated carbocycles. The average Bonchev–Trinajstić information content (AvgIpc) is 2.69. The third-order valence-electron chi connectivity index (χ3n) is 2.47. The summed E-state index contributed by atoms with van der Waals surface area (Å²) in [6.45, 7) is 4.07. The van der Waals surface area contributed by atoms with Crippen LogP contribution in [0.1, 0.15) is 27.9 Å². The number of carboxylic acid groups (broad SMARTS) is 1. The Balaban J connectivity index is 2.22. The highest BCUT2D eigenvalue weighted by molar-refractivity contribution is 7.15. The minimum absolute atomic E-state index is 0.205. The van der Waals surface area contributed by atoms with Crippen molar-refractivity contribution in [2.24, 2.45) is 0 Å². The van der Waals surface area contributed by atoms with Crippen LogP contribution in [0.4, 0.5) is 10.9 Å². The van der Waals surface area contributed by atoms with Crippen LogP contribution >= 0.6 is 11.3 Å². The van der Waals surface area contributed by atoms with E-state index in [1.807, 2.05) is 6.92 Å². The van der Waals surface area contributed by atoms with Crippen molar-refractivity contribution in [2.75, 3.05) is 5.32 Å². The fourth-order valence-electron chi connectivity index (χ4n) is 1.55. The predicted molar refractivity (Wildman–Crippen MR) is 70.7 cm³/mol. The standard InChI is InChI=1S/C12H13N3O2S/c1-3-9-7(2)18-12(14-9)15-10-6-8(11(16)17)4-5-13-10/h4-6H,3H2,1-2H3,(H,16,17)(H,13,14,15). The summed E-state index contributed by atoms with van der Waals surface area (Å²) < 4.78 is 0. The number of carbonyl (C=O) groups is 1. The summed E-state index contributed by atoms with van der Waals surface area (Å²) in [5.41, 5.74) is 1.26. The molecule has 94 valence electrons. The van der Waals surface area contributed by atoms with Gasteiger partial charge in [-0.05, 0) is 25.5 Å². The lowest BCUT2D eigenvalue weighted by molar-refractivity contribution is 0.0697. The second-order valence-corrected chi connectivity index (χ2v) is 4.94. The van der Waals surface area contributed by atoms with E-state index in [2.05, 4.69) is 22.2 Å². The number of aryl methyl sites for hydroxylation is 2. The lowest BCUT2D eigenvalue weighted by Crippen LogP contribution is -1.99. The van der Waals surface area contributed by atoms with Crippen molar-refractivity contribution in [1.29, 1.82) is 0 Å². The molecule has 0 fully saturated rings. The molecule has 2 rings (SSSR count). The first-order valence-electron chi connectivity index (χ1n) is 5.53. The van der Waals surface area contributed by atoms with Crippen LogP contribution in [0.15, 0.2) is 18.3 Å². The molecule has 0 radical (unpaired) electrons. The number of carboxylic acids is 1. The number of hydrogen-bond acceptors (Lipinski definition) is 5. The van der Waals surface area contributed by atoms with Gasteiger partial charge in [-0.25, -0.2) is 14.8 Å². The molecule has 2 aromatic rings. The van der Waals surface area contributed by atoms with Crippen LogP contribution in [0.3, 0.4) is 0 Å². The molecule has 6 heteroatoms. The van der Waals surface area contributed by atoms with Gasteiger partial charge in [0.05, 0.1) is 11.3 Å². The van der Waals surface area contributed by atoms with E-state index < -0.39 is 5.97 Å². The summed E-state index contributed by atoms with van der Waals surface area (Å²) in [6.07, 6.45) is 2.35. The van der Waals surface area contributed by atoms with Crippen molar-refractivity contribution >= 4 is 28.3 Å². The molecule has 0 amide bonds. The summed E-state index contributed by atoms with van der Waals surface area (Å²) in [5, 5.41) is 12.7. The van der Waals surface area contributed by atoms with Crippen molar-refractivity contribution < 1.29 is 9.90 Å². The number of aromatic nitrogens is 2. The number of nitrogens with one attached hydrogen (secondary N) is 1. The topological polar surface area (TPSA) is 75.1 Å². The summed E-state index contributed by atoms with van der Waals surface area (Å²) in [7, 11) is 0. The van der Waals surface area contributed by atoms with Crippen molar-refractivity contribution in [3.8, 4) is 0 Å². The van der Waals surface area contributed by atoms with Gasteiger partial charge in [0.15, 0.2) is 5.13 Å². The van der Waals surface area contributed by atoms with Crippen LogP contribution in [-0.4, -0.2) is 21.0 Å². The monoisotopic (exact) mass is 263 g/mol. The average molecular weight is 263 g/mol. The van der Waals surface area contributed by atoms with Gasteiger partial charge in [-0.2, -0.15) is 0 Å². The van der Waals surface area contributed by atoms with Gasteiger partial charge in [0.2, 0.25) is 0 Å². The summed E-state index contributed by atoms with van der Waals surface area (Å²) in [6, 6.07) is 2.95. The molecule has 5 nitrogen and oxygen atoms in total. The number of rotatable bonds is 4. The number of hydrogen-bond donors (Lipinski definition) is 2. The fraction of sp³-hybridized carbons (Fsp3) is 0.250. The normalized spacial score (nSPS) is 10.3. The smallest absolute Gasteiger partial charge is 0.335 e. The van der Waals surface area contributed by atoms with Crippen molar-refractivity contribution in [3.05, 3.63) is 34.5 Å². The zero-order valence-electron chi connectivity index (χ0n) is 10.1. The van der Waals surface area contributed by atoms with Gasteiger partial charge in [-0.3, -0.25) is 0 Å². The van der Waals surface area contributed by atoms with Gasteiger partial charge in [-0.1, -0.05) is 6.92 Å². The van der Waals surface area contributed by atoms with E-state index in [1.165, 1.54) is 29.7 Å². The predicted octanol–water partition coefficient (Wildman–Crippen LogP) is 2.85. The Morgan fingerprint density at radius 2 is 2.33 bits per heavy atom. The van der Waals surface area contributed by atoms with Gasteiger partial charge in [0, 0.05) is 11.1 Å². The Morgan fingerprint density at radius 1 is 1.56 bits per heavy atom. The highest BCUT2D eigenvalue weighted by atomic mass is 32.1. The third-order valence-corrected chi connectivity index (χ3v) is 3.40. The molecule has 0 aliphatic heterocycles. The Hall–Kier alpha value is -1.95. The first-order valence-corrected chi connectivity index (χ1v) is 6.34. The zero-order chi connectivity index (χ0) is 13.1. The maximum Gasteiger partial charge on any atom is 0.335 e. The molecule has 0 unspecified atom stereocenters. The van der Waals surface area contributed by atoms with Crippen molar-refractivity contribution in [3.63, 3.8) is 0 Å². The number of nitrogens with zero attached hydrogens (tertiary/aromatic N) is 2. The molecule has 0 spiro atoms. The summed E-state index contributed by atoms with van der Waals surface area (Å²) >= 11 is 1.54. The summed E-state index contributed by atoms with van der Waals surface area (Å²) in [4.78, 5) is 20.5. The molecule has 2 aromatic heterocycles. The first kappa shape index (κ1) is 12.5. The van der Waals surface area contributed by atoms with E-state index in [9.17, 15) is 4.79 Å². The molecule has 0 bridgehead atoms. The molecule has 0 aliphatic rings. The second kappa shape index (κ2) is 5.14. The van der Waals surface area contributed by atoms with E-state index in [-0.39, 0.29) is 5.56 Å². The molecule has 0 aliphatic carbocycles. The van der Waals surface area contributed by atoms with Crippen molar-refractivity contribution in [1.82, 2.24) is 9.97 Å². The molecule has 18 heavy (non-hydrogen) atoms. The zero-order valence-corrected chi connectivity index (χ0v) is 10.9. The van der Waals surface area contributed by atoms with E-state index in [1.54, 1.807) is 0 Å². The number of aromatic carboxylic acids is 1. The quantitative estimate of drug-likeness (QED) is 0.887. The lowest BCUT2D eigenvalue weighted by atomic mass is 10.2. The maximum atomic E-state index is 10.8. The highest BCUT2D eigenvalue weighted by Gasteiger charge is 2.08. The van der Waals surface area contributed by atoms with Gasteiger partial charge in [0.1, 0.15) is 5.82 Å². The molecule has 2 N–H and O–H groups in total.